The number of morpholine rings is 1. The lowest BCUT2D eigenvalue weighted by molar-refractivity contribution is -0.134. The molecule has 23 heavy (non-hydrogen) atoms. The predicted octanol–water partition coefficient (Wildman–Crippen LogP) is 2.24. The molecule has 0 bridgehead atoms. The summed E-state index contributed by atoms with van der Waals surface area (Å²) >= 11 is 0. The Morgan fingerprint density at radius 2 is 2.13 bits per heavy atom. The second-order valence-electron chi connectivity index (χ2n) is 5.39. The van der Waals surface area contributed by atoms with Gasteiger partial charge in [-0.25, -0.2) is 0 Å². The van der Waals surface area contributed by atoms with E-state index < -0.39 is 0 Å². The van der Waals surface area contributed by atoms with Crippen LogP contribution in [0.1, 0.15) is 25.3 Å². The summed E-state index contributed by atoms with van der Waals surface area (Å²) in [5.74, 6) is 3.10. The molecule has 0 saturated carbocycles. The van der Waals surface area contributed by atoms with Crippen LogP contribution in [0.4, 0.5) is 0 Å². The number of carbonyl (C=O) groups excluding carboxylic acids is 1. The van der Waals surface area contributed by atoms with E-state index in [9.17, 15) is 4.79 Å². The molecule has 0 spiro atoms. The fourth-order valence-corrected chi connectivity index (χ4v) is 2.36. The Balaban J connectivity index is 2.09. The van der Waals surface area contributed by atoms with Crippen molar-refractivity contribution >= 4 is 5.97 Å². The van der Waals surface area contributed by atoms with Crippen molar-refractivity contribution in [2.75, 3.05) is 32.9 Å². The van der Waals surface area contributed by atoms with E-state index in [2.05, 4.69) is 10.8 Å². The maximum absolute atomic E-state index is 11.7. The van der Waals surface area contributed by atoms with Gasteiger partial charge in [-0.15, -0.1) is 6.42 Å². The monoisotopic (exact) mass is 317 g/mol. The summed E-state index contributed by atoms with van der Waals surface area (Å²) in [6.07, 6.45) is 6.38. The molecular weight excluding hydrogens is 294 g/mol. The van der Waals surface area contributed by atoms with Crippen molar-refractivity contribution in [2.45, 2.75) is 26.3 Å². The molecule has 1 aromatic carbocycles. The second-order valence-corrected chi connectivity index (χ2v) is 5.39. The smallest absolute Gasteiger partial charge is 0.311 e. The highest BCUT2D eigenvalue weighted by atomic mass is 16.6. The van der Waals surface area contributed by atoms with Crippen molar-refractivity contribution in [3.63, 3.8) is 0 Å². The van der Waals surface area contributed by atoms with Gasteiger partial charge in [-0.1, -0.05) is 18.9 Å². The summed E-state index contributed by atoms with van der Waals surface area (Å²) in [5.41, 5.74) is 1.09. The Morgan fingerprint density at radius 3 is 2.83 bits per heavy atom. The van der Waals surface area contributed by atoms with Gasteiger partial charge in [0.05, 0.1) is 13.2 Å². The van der Waals surface area contributed by atoms with Crippen molar-refractivity contribution in [3.8, 4) is 23.8 Å². The minimum Gasteiger partial charge on any atom is -0.477 e. The molecule has 0 unspecified atom stereocenters. The van der Waals surface area contributed by atoms with Crippen molar-refractivity contribution in [3.05, 3.63) is 23.8 Å². The maximum Gasteiger partial charge on any atom is 0.311 e. The molecule has 0 atom stereocenters. The molecule has 124 valence electrons. The lowest BCUT2D eigenvalue weighted by atomic mass is 10.2. The molecule has 5 nitrogen and oxygen atoms in total. The average Bonchev–Trinajstić information content (AvgIpc) is 2.56. The zero-order chi connectivity index (χ0) is 16.5. The van der Waals surface area contributed by atoms with E-state index in [1.807, 2.05) is 19.1 Å². The highest BCUT2D eigenvalue weighted by Gasteiger charge is 2.14. The molecule has 0 radical (unpaired) electrons. The van der Waals surface area contributed by atoms with E-state index in [1.54, 1.807) is 6.07 Å². The molecule has 2 rings (SSSR count). The molecule has 1 aliphatic rings. The third kappa shape index (κ3) is 5.59. The number of ether oxygens (including phenoxy) is 3. The number of rotatable bonds is 7. The first-order valence-corrected chi connectivity index (χ1v) is 7.93. The first-order valence-electron chi connectivity index (χ1n) is 7.93. The van der Waals surface area contributed by atoms with Crippen LogP contribution in [0.3, 0.4) is 0 Å². The molecule has 1 aromatic rings. The van der Waals surface area contributed by atoms with Gasteiger partial charge in [-0.2, -0.15) is 0 Å². The van der Waals surface area contributed by atoms with E-state index in [-0.39, 0.29) is 12.6 Å². The van der Waals surface area contributed by atoms with Gasteiger partial charge in [0, 0.05) is 26.1 Å². The fraction of sp³-hybridized carbons (Fsp3) is 0.500. The number of nitrogens with zero attached hydrogens (tertiary/aromatic N) is 1. The average molecular weight is 317 g/mol. The molecular formula is C18H23NO4. The van der Waals surface area contributed by atoms with Crippen LogP contribution in [-0.4, -0.2) is 43.8 Å². The number of hydrogen-bond acceptors (Lipinski definition) is 5. The Bertz CT molecular complexity index is 559. The standard InChI is InChI=1S/C18H23NO4/c1-3-5-18(20)23-16-7-6-15(13-17(16)22-10-4-2)14-19-8-11-21-12-9-19/h2,6-7,13H,3,5,8-12,14H2,1H3. The van der Waals surface area contributed by atoms with Gasteiger partial charge < -0.3 is 14.2 Å². The Morgan fingerprint density at radius 1 is 1.35 bits per heavy atom. The summed E-state index contributed by atoms with van der Waals surface area (Å²) in [4.78, 5) is 14.0. The second kappa shape index (κ2) is 9.19. The van der Waals surface area contributed by atoms with Crippen LogP contribution >= 0.6 is 0 Å². The molecule has 0 amide bonds. The molecule has 0 aromatic heterocycles. The minimum atomic E-state index is -0.265. The number of carbonyl (C=O) groups is 1. The van der Waals surface area contributed by atoms with Crippen LogP contribution in [0.5, 0.6) is 11.5 Å². The molecule has 0 N–H and O–H groups in total. The van der Waals surface area contributed by atoms with Crippen LogP contribution in [0.15, 0.2) is 18.2 Å². The van der Waals surface area contributed by atoms with Crippen LogP contribution in [-0.2, 0) is 16.1 Å². The maximum atomic E-state index is 11.7. The zero-order valence-electron chi connectivity index (χ0n) is 13.5. The van der Waals surface area contributed by atoms with E-state index in [0.29, 0.717) is 17.9 Å². The number of hydrogen-bond donors (Lipinski definition) is 0. The first kappa shape index (κ1) is 17.3. The number of esters is 1. The van der Waals surface area contributed by atoms with Gasteiger partial charge in [0.25, 0.3) is 0 Å². The van der Waals surface area contributed by atoms with E-state index in [4.69, 9.17) is 20.6 Å². The normalized spacial score (nSPS) is 15.0. The summed E-state index contributed by atoms with van der Waals surface area (Å²) in [6.45, 7) is 6.21. The quantitative estimate of drug-likeness (QED) is 0.438. The van der Waals surface area contributed by atoms with Gasteiger partial charge in [-0.3, -0.25) is 9.69 Å². The van der Waals surface area contributed by atoms with Crippen molar-refractivity contribution < 1.29 is 19.0 Å². The van der Waals surface area contributed by atoms with E-state index >= 15 is 0 Å². The largest absolute Gasteiger partial charge is 0.477 e. The Hall–Kier alpha value is -2.03. The first-order chi connectivity index (χ1) is 11.2. The van der Waals surface area contributed by atoms with Crippen LogP contribution in [0, 0.1) is 12.3 Å². The third-order valence-corrected chi connectivity index (χ3v) is 3.51. The molecule has 1 aliphatic heterocycles. The van der Waals surface area contributed by atoms with Gasteiger partial charge in [0.2, 0.25) is 0 Å². The molecule has 1 saturated heterocycles. The van der Waals surface area contributed by atoms with E-state index in [1.165, 1.54) is 0 Å². The van der Waals surface area contributed by atoms with Gasteiger partial charge in [-0.05, 0) is 24.1 Å². The van der Waals surface area contributed by atoms with Crippen LogP contribution < -0.4 is 9.47 Å². The Kier molecular flexibility index (Phi) is 6.92. The summed E-state index contributed by atoms with van der Waals surface area (Å²) in [6, 6.07) is 5.61. The van der Waals surface area contributed by atoms with E-state index in [0.717, 1.165) is 44.8 Å². The fourth-order valence-electron chi connectivity index (χ4n) is 2.36. The molecule has 5 heteroatoms. The topological polar surface area (TPSA) is 48.0 Å². The number of terminal acetylenes is 1. The summed E-state index contributed by atoms with van der Waals surface area (Å²) < 4.78 is 16.3. The molecule has 1 heterocycles. The lowest BCUT2D eigenvalue weighted by Gasteiger charge is -2.26. The van der Waals surface area contributed by atoms with Crippen molar-refractivity contribution in [2.24, 2.45) is 0 Å². The zero-order valence-corrected chi connectivity index (χ0v) is 13.5. The highest BCUT2D eigenvalue weighted by Crippen LogP contribution is 2.29. The van der Waals surface area contributed by atoms with Crippen molar-refractivity contribution in [1.29, 1.82) is 0 Å². The summed E-state index contributed by atoms with van der Waals surface area (Å²) in [5, 5.41) is 0. The SMILES string of the molecule is C#CCOc1cc(CN2CCOCC2)ccc1OC(=O)CCC. The molecule has 0 aliphatic carbocycles. The molecule has 1 fully saturated rings. The minimum absolute atomic E-state index is 0.138. The number of benzene rings is 1. The predicted molar refractivity (Wildman–Crippen MR) is 87.4 cm³/mol. The van der Waals surface area contributed by atoms with Crippen molar-refractivity contribution in [1.82, 2.24) is 4.90 Å². The van der Waals surface area contributed by atoms with Crippen LogP contribution in [0.2, 0.25) is 0 Å². The Labute approximate surface area is 137 Å². The van der Waals surface area contributed by atoms with Crippen LogP contribution in [0.25, 0.3) is 0 Å². The van der Waals surface area contributed by atoms with Gasteiger partial charge in [0.15, 0.2) is 11.5 Å². The third-order valence-electron chi connectivity index (χ3n) is 3.51. The summed E-state index contributed by atoms with van der Waals surface area (Å²) in [7, 11) is 0. The van der Waals surface area contributed by atoms with Gasteiger partial charge >= 0.3 is 5.97 Å². The highest BCUT2D eigenvalue weighted by molar-refractivity contribution is 5.73. The lowest BCUT2D eigenvalue weighted by Crippen LogP contribution is -2.35. The van der Waals surface area contributed by atoms with Gasteiger partial charge in [0.1, 0.15) is 6.61 Å².